The van der Waals surface area contributed by atoms with Crippen LogP contribution in [-0.2, 0) is 0 Å². The Bertz CT molecular complexity index is 341. The Morgan fingerprint density at radius 3 is 2.50 bits per heavy atom. The highest BCUT2D eigenvalue weighted by molar-refractivity contribution is 6.33. The summed E-state index contributed by atoms with van der Waals surface area (Å²) in [6, 6.07) is 5.53. The van der Waals surface area contributed by atoms with Crippen molar-refractivity contribution >= 4 is 23.0 Å². The van der Waals surface area contributed by atoms with Gasteiger partial charge in [-0.25, -0.2) is 0 Å². The van der Waals surface area contributed by atoms with Crippen LogP contribution in [0.1, 0.15) is 13.8 Å². The van der Waals surface area contributed by atoms with Crippen LogP contribution >= 0.6 is 11.6 Å². The SMILES string of the molecule is CN(C)C(C)(C)CNc1c(N)cccc1Cl. The average Bonchev–Trinajstić information content (AvgIpc) is 2.16. The lowest BCUT2D eigenvalue weighted by Gasteiger charge is -2.33. The van der Waals surface area contributed by atoms with Crippen LogP contribution in [0.2, 0.25) is 5.02 Å². The summed E-state index contributed by atoms with van der Waals surface area (Å²) < 4.78 is 0. The Morgan fingerprint density at radius 2 is 2.00 bits per heavy atom. The molecular formula is C12H20ClN3. The Hall–Kier alpha value is -0.930. The molecule has 0 spiro atoms. The predicted molar refractivity (Wildman–Crippen MR) is 72.1 cm³/mol. The van der Waals surface area contributed by atoms with E-state index in [1.165, 1.54) is 0 Å². The second-order valence-electron chi connectivity index (χ2n) is 4.76. The van der Waals surface area contributed by atoms with Gasteiger partial charge in [-0.1, -0.05) is 17.7 Å². The maximum atomic E-state index is 6.08. The summed E-state index contributed by atoms with van der Waals surface area (Å²) in [7, 11) is 4.11. The third kappa shape index (κ3) is 3.03. The topological polar surface area (TPSA) is 41.3 Å². The fourth-order valence-corrected chi connectivity index (χ4v) is 1.44. The average molecular weight is 242 g/mol. The summed E-state index contributed by atoms with van der Waals surface area (Å²) in [6.07, 6.45) is 0. The monoisotopic (exact) mass is 241 g/mol. The lowest BCUT2D eigenvalue weighted by atomic mass is 10.0. The Kier molecular flexibility index (Phi) is 4.05. The van der Waals surface area contributed by atoms with Crippen LogP contribution in [0.4, 0.5) is 11.4 Å². The van der Waals surface area contributed by atoms with Gasteiger partial charge in [0.2, 0.25) is 0 Å². The van der Waals surface area contributed by atoms with Gasteiger partial charge in [0.15, 0.2) is 0 Å². The first kappa shape index (κ1) is 13.1. The zero-order chi connectivity index (χ0) is 12.3. The molecule has 0 unspecified atom stereocenters. The van der Waals surface area contributed by atoms with Gasteiger partial charge in [-0.05, 0) is 40.1 Å². The van der Waals surface area contributed by atoms with Crippen molar-refractivity contribution in [3.05, 3.63) is 23.2 Å². The van der Waals surface area contributed by atoms with E-state index in [0.717, 1.165) is 12.2 Å². The molecule has 0 bridgehead atoms. The third-order valence-corrected chi connectivity index (χ3v) is 3.27. The minimum absolute atomic E-state index is 0.0472. The number of halogens is 1. The lowest BCUT2D eigenvalue weighted by Crippen LogP contribution is -2.44. The van der Waals surface area contributed by atoms with Crippen LogP contribution in [0.5, 0.6) is 0 Å². The summed E-state index contributed by atoms with van der Waals surface area (Å²) in [4.78, 5) is 2.16. The standard InChI is InChI=1S/C12H20ClN3/c1-12(2,16(3)4)8-15-11-9(13)6-5-7-10(11)14/h5-7,15H,8,14H2,1-4H3. The Balaban J connectivity index is 2.75. The number of nitrogens with one attached hydrogen (secondary N) is 1. The van der Waals surface area contributed by atoms with E-state index in [9.17, 15) is 0 Å². The van der Waals surface area contributed by atoms with E-state index in [-0.39, 0.29) is 5.54 Å². The van der Waals surface area contributed by atoms with E-state index in [1.807, 2.05) is 18.2 Å². The zero-order valence-corrected chi connectivity index (χ0v) is 11.1. The van der Waals surface area contributed by atoms with Crippen LogP contribution < -0.4 is 11.1 Å². The van der Waals surface area contributed by atoms with E-state index < -0.39 is 0 Å². The van der Waals surface area contributed by atoms with Crippen LogP contribution in [0.15, 0.2) is 18.2 Å². The lowest BCUT2D eigenvalue weighted by molar-refractivity contribution is 0.210. The van der Waals surface area contributed by atoms with Crippen molar-refractivity contribution < 1.29 is 0 Å². The van der Waals surface area contributed by atoms with Crippen LogP contribution in [-0.4, -0.2) is 31.1 Å². The van der Waals surface area contributed by atoms with Crippen molar-refractivity contribution in [3.63, 3.8) is 0 Å². The number of anilines is 2. The molecule has 0 saturated heterocycles. The number of hydrogen-bond acceptors (Lipinski definition) is 3. The molecule has 3 nitrogen and oxygen atoms in total. The molecule has 0 heterocycles. The van der Waals surface area contributed by atoms with E-state index in [4.69, 9.17) is 17.3 Å². The maximum absolute atomic E-state index is 6.08. The van der Waals surface area contributed by atoms with Gasteiger partial charge < -0.3 is 16.0 Å². The van der Waals surface area contributed by atoms with E-state index in [1.54, 1.807) is 0 Å². The molecule has 0 amide bonds. The van der Waals surface area contributed by atoms with Gasteiger partial charge in [0.25, 0.3) is 0 Å². The summed E-state index contributed by atoms with van der Waals surface area (Å²) >= 11 is 6.08. The number of nitrogen functional groups attached to an aromatic ring is 1. The highest BCUT2D eigenvalue weighted by atomic mass is 35.5. The van der Waals surface area contributed by atoms with Crippen molar-refractivity contribution in [2.24, 2.45) is 0 Å². The normalized spacial score (nSPS) is 11.9. The van der Waals surface area contributed by atoms with Gasteiger partial charge in [0.05, 0.1) is 16.4 Å². The van der Waals surface area contributed by atoms with Gasteiger partial charge in [-0.2, -0.15) is 0 Å². The van der Waals surface area contributed by atoms with Gasteiger partial charge in [0, 0.05) is 12.1 Å². The molecule has 0 saturated carbocycles. The summed E-state index contributed by atoms with van der Waals surface area (Å²) in [6.45, 7) is 5.11. The summed E-state index contributed by atoms with van der Waals surface area (Å²) in [5, 5.41) is 3.97. The molecule has 0 fully saturated rings. The second-order valence-corrected chi connectivity index (χ2v) is 5.17. The first-order chi connectivity index (χ1) is 7.34. The molecule has 0 atom stereocenters. The smallest absolute Gasteiger partial charge is 0.0763 e. The Morgan fingerprint density at radius 1 is 1.38 bits per heavy atom. The van der Waals surface area contributed by atoms with Gasteiger partial charge >= 0.3 is 0 Å². The summed E-state index contributed by atoms with van der Waals surface area (Å²) in [5.41, 5.74) is 7.41. The molecule has 90 valence electrons. The molecule has 3 N–H and O–H groups in total. The first-order valence-electron chi connectivity index (χ1n) is 5.30. The number of nitrogens with zero attached hydrogens (tertiary/aromatic N) is 1. The van der Waals surface area contributed by atoms with Gasteiger partial charge in [-0.15, -0.1) is 0 Å². The van der Waals surface area contributed by atoms with E-state index in [0.29, 0.717) is 10.7 Å². The number of nitrogens with two attached hydrogens (primary N) is 1. The molecule has 0 radical (unpaired) electrons. The molecule has 1 aromatic rings. The molecule has 0 aliphatic rings. The quantitative estimate of drug-likeness (QED) is 0.797. The first-order valence-corrected chi connectivity index (χ1v) is 5.67. The van der Waals surface area contributed by atoms with Crippen LogP contribution in [0.25, 0.3) is 0 Å². The highest BCUT2D eigenvalue weighted by Crippen LogP contribution is 2.28. The molecule has 1 aromatic carbocycles. The minimum Gasteiger partial charge on any atom is -0.397 e. The Labute approximate surface area is 103 Å². The van der Waals surface area contributed by atoms with Gasteiger partial charge in [-0.3, -0.25) is 0 Å². The molecule has 0 aliphatic heterocycles. The van der Waals surface area contributed by atoms with E-state index >= 15 is 0 Å². The maximum Gasteiger partial charge on any atom is 0.0763 e. The number of para-hydroxylation sites is 1. The number of hydrogen-bond donors (Lipinski definition) is 2. The number of rotatable bonds is 4. The van der Waals surface area contributed by atoms with Crippen LogP contribution in [0, 0.1) is 0 Å². The molecule has 16 heavy (non-hydrogen) atoms. The van der Waals surface area contributed by atoms with Gasteiger partial charge in [0.1, 0.15) is 0 Å². The predicted octanol–water partition coefficient (Wildman–Crippen LogP) is 2.67. The number of likely N-dealkylation sites (N-methyl/N-ethyl adjacent to an activating group) is 1. The summed E-state index contributed by atoms with van der Waals surface area (Å²) in [5.74, 6) is 0. The highest BCUT2D eigenvalue weighted by Gasteiger charge is 2.20. The molecule has 1 rings (SSSR count). The zero-order valence-electron chi connectivity index (χ0n) is 10.3. The van der Waals surface area contributed by atoms with Crippen molar-refractivity contribution in [2.45, 2.75) is 19.4 Å². The molecule has 0 aromatic heterocycles. The van der Waals surface area contributed by atoms with Crippen LogP contribution in [0.3, 0.4) is 0 Å². The molecular weight excluding hydrogens is 222 g/mol. The van der Waals surface area contributed by atoms with Crippen molar-refractivity contribution in [1.29, 1.82) is 0 Å². The molecule has 4 heteroatoms. The third-order valence-electron chi connectivity index (χ3n) is 2.95. The minimum atomic E-state index is 0.0472. The van der Waals surface area contributed by atoms with Crippen molar-refractivity contribution in [2.75, 3.05) is 31.7 Å². The molecule has 0 aliphatic carbocycles. The van der Waals surface area contributed by atoms with E-state index in [2.05, 4.69) is 38.2 Å². The fourth-order valence-electron chi connectivity index (χ4n) is 1.19. The largest absolute Gasteiger partial charge is 0.397 e. The fraction of sp³-hybridized carbons (Fsp3) is 0.500. The second kappa shape index (κ2) is 4.93. The van der Waals surface area contributed by atoms with Crippen molar-refractivity contribution in [3.8, 4) is 0 Å². The van der Waals surface area contributed by atoms with Crippen molar-refractivity contribution in [1.82, 2.24) is 4.90 Å². The number of benzene rings is 1.